The number of aryl methyl sites for hydroxylation is 1. The van der Waals surface area contributed by atoms with Gasteiger partial charge >= 0.3 is 6.03 Å². The molecular weight excluding hydrogens is 318 g/mol. The molecule has 1 fully saturated rings. The van der Waals surface area contributed by atoms with Crippen LogP contribution in [0.25, 0.3) is 6.08 Å². The van der Waals surface area contributed by atoms with Crippen molar-refractivity contribution in [2.24, 2.45) is 7.05 Å². The maximum absolute atomic E-state index is 12.6. The summed E-state index contributed by atoms with van der Waals surface area (Å²) in [5, 5.41) is 2.40. The molecule has 1 saturated heterocycles. The van der Waals surface area contributed by atoms with E-state index < -0.39 is 17.8 Å². The second-order valence-corrected chi connectivity index (χ2v) is 5.36. The number of para-hydroxylation sites is 1. The normalized spacial score (nSPS) is 16.9. The van der Waals surface area contributed by atoms with Crippen molar-refractivity contribution in [3.63, 3.8) is 0 Å². The molecule has 2 heterocycles. The number of amides is 4. The largest absolute Gasteiger partial charge is 0.351 e. The average Bonchev–Trinajstić information content (AvgIpc) is 2.90. The van der Waals surface area contributed by atoms with Gasteiger partial charge in [-0.15, -0.1) is 0 Å². The highest BCUT2D eigenvalue weighted by Gasteiger charge is 2.37. The topological polar surface area (TPSA) is 71.4 Å². The summed E-state index contributed by atoms with van der Waals surface area (Å²) in [5.74, 6) is -1.45. The van der Waals surface area contributed by atoms with E-state index >= 15 is 0 Å². The number of carbonyl (C=O) groups is 3. The van der Waals surface area contributed by atoms with Crippen molar-refractivity contribution in [2.75, 3.05) is 4.90 Å². The third kappa shape index (κ3) is 2.64. The molecule has 1 aromatic carbocycles. The first-order valence-corrected chi connectivity index (χ1v) is 7.14. The summed E-state index contributed by atoms with van der Waals surface area (Å²) in [6, 6.07) is 9.16. The molecule has 3 rings (SSSR count). The molecule has 2 aromatic rings. The van der Waals surface area contributed by atoms with E-state index in [0.29, 0.717) is 5.69 Å². The summed E-state index contributed by atoms with van der Waals surface area (Å²) >= 11 is 6.06. The number of rotatable bonds is 2. The predicted octanol–water partition coefficient (Wildman–Crippen LogP) is 2.34. The first-order chi connectivity index (χ1) is 11.0. The Morgan fingerprint density at radius 2 is 1.83 bits per heavy atom. The van der Waals surface area contributed by atoms with Crippen molar-refractivity contribution in [3.8, 4) is 0 Å². The van der Waals surface area contributed by atoms with Crippen LogP contribution < -0.4 is 10.2 Å². The Labute approximate surface area is 136 Å². The van der Waals surface area contributed by atoms with Gasteiger partial charge in [0.15, 0.2) is 0 Å². The number of aromatic nitrogens is 1. The molecule has 0 atom stereocenters. The lowest BCUT2D eigenvalue weighted by Gasteiger charge is -2.27. The van der Waals surface area contributed by atoms with E-state index in [1.165, 1.54) is 12.1 Å². The molecule has 1 aromatic heterocycles. The van der Waals surface area contributed by atoms with Gasteiger partial charge in [-0.2, -0.15) is 0 Å². The van der Waals surface area contributed by atoms with E-state index in [2.05, 4.69) is 5.32 Å². The minimum Gasteiger partial charge on any atom is -0.351 e. The Hall–Kier alpha value is -2.86. The summed E-state index contributed by atoms with van der Waals surface area (Å²) in [5.41, 5.74) is 0.755. The number of halogens is 1. The molecule has 0 bridgehead atoms. The van der Waals surface area contributed by atoms with Gasteiger partial charge in [0, 0.05) is 18.9 Å². The van der Waals surface area contributed by atoms with Crippen LogP contribution in [0.5, 0.6) is 0 Å². The molecule has 0 radical (unpaired) electrons. The first-order valence-electron chi connectivity index (χ1n) is 6.76. The van der Waals surface area contributed by atoms with Crippen LogP contribution in [0.2, 0.25) is 5.02 Å². The van der Waals surface area contributed by atoms with E-state index in [0.717, 1.165) is 4.90 Å². The molecule has 116 valence electrons. The predicted molar refractivity (Wildman–Crippen MR) is 85.9 cm³/mol. The molecule has 6 nitrogen and oxygen atoms in total. The number of hydrogen-bond acceptors (Lipinski definition) is 3. The van der Waals surface area contributed by atoms with Crippen LogP contribution in [-0.4, -0.2) is 22.4 Å². The van der Waals surface area contributed by atoms with Gasteiger partial charge < -0.3 is 4.57 Å². The standard InChI is InChI=1S/C16H12ClN3O3/c1-19-8-4-5-10(19)9-11-14(21)18-16(23)20(15(11)22)13-7-3-2-6-12(13)17/h2-9H,1H3,(H,18,21,23)/b11-9+. The van der Waals surface area contributed by atoms with Gasteiger partial charge in [-0.25, -0.2) is 9.69 Å². The van der Waals surface area contributed by atoms with Crippen molar-refractivity contribution in [2.45, 2.75) is 0 Å². The number of barbiturate groups is 1. The molecule has 0 spiro atoms. The summed E-state index contributed by atoms with van der Waals surface area (Å²) in [6.45, 7) is 0. The third-order valence-electron chi connectivity index (χ3n) is 3.47. The van der Waals surface area contributed by atoms with Crippen LogP contribution >= 0.6 is 11.6 Å². The summed E-state index contributed by atoms with van der Waals surface area (Å²) in [7, 11) is 1.79. The van der Waals surface area contributed by atoms with Crippen LogP contribution in [0.3, 0.4) is 0 Å². The monoisotopic (exact) mass is 329 g/mol. The zero-order valence-electron chi connectivity index (χ0n) is 12.1. The van der Waals surface area contributed by atoms with E-state index in [1.54, 1.807) is 48.1 Å². The average molecular weight is 330 g/mol. The molecule has 7 heteroatoms. The lowest BCUT2D eigenvalue weighted by molar-refractivity contribution is -0.122. The lowest BCUT2D eigenvalue weighted by Crippen LogP contribution is -2.54. The second-order valence-electron chi connectivity index (χ2n) is 4.95. The van der Waals surface area contributed by atoms with Crippen LogP contribution in [0, 0.1) is 0 Å². The van der Waals surface area contributed by atoms with Crippen LogP contribution in [0.1, 0.15) is 5.69 Å². The van der Waals surface area contributed by atoms with Crippen LogP contribution in [0.4, 0.5) is 10.5 Å². The van der Waals surface area contributed by atoms with Gasteiger partial charge in [0.05, 0.1) is 10.7 Å². The number of nitrogens with one attached hydrogen (secondary N) is 1. The van der Waals surface area contributed by atoms with Crippen LogP contribution in [0.15, 0.2) is 48.2 Å². The Kier molecular flexibility index (Phi) is 3.75. The lowest BCUT2D eigenvalue weighted by atomic mass is 10.1. The molecular formula is C16H12ClN3O3. The Morgan fingerprint density at radius 3 is 2.48 bits per heavy atom. The Bertz CT molecular complexity index is 854. The fraction of sp³-hybridized carbons (Fsp3) is 0.0625. The van der Waals surface area contributed by atoms with Crippen molar-refractivity contribution in [3.05, 3.63) is 58.9 Å². The Morgan fingerprint density at radius 1 is 1.09 bits per heavy atom. The number of nitrogens with zero attached hydrogens (tertiary/aromatic N) is 2. The van der Waals surface area contributed by atoms with Crippen molar-refractivity contribution in [1.82, 2.24) is 9.88 Å². The first kappa shape index (κ1) is 15.1. The van der Waals surface area contributed by atoms with E-state index in [-0.39, 0.29) is 16.3 Å². The zero-order valence-corrected chi connectivity index (χ0v) is 12.9. The van der Waals surface area contributed by atoms with Gasteiger partial charge in [0.25, 0.3) is 11.8 Å². The Balaban J connectivity index is 2.07. The number of imide groups is 2. The van der Waals surface area contributed by atoms with Gasteiger partial charge in [-0.05, 0) is 30.3 Å². The summed E-state index contributed by atoms with van der Waals surface area (Å²) < 4.78 is 1.75. The molecule has 23 heavy (non-hydrogen) atoms. The van der Waals surface area contributed by atoms with E-state index in [4.69, 9.17) is 11.6 Å². The number of hydrogen-bond donors (Lipinski definition) is 1. The molecule has 1 aliphatic rings. The number of urea groups is 1. The fourth-order valence-corrected chi connectivity index (χ4v) is 2.50. The fourth-order valence-electron chi connectivity index (χ4n) is 2.28. The minimum absolute atomic E-state index is 0.133. The number of anilines is 1. The maximum Gasteiger partial charge on any atom is 0.335 e. The molecule has 1 N–H and O–H groups in total. The molecule has 0 aliphatic carbocycles. The molecule has 0 saturated carbocycles. The highest BCUT2D eigenvalue weighted by molar-refractivity contribution is 6.42. The van der Waals surface area contributed by atoms with E-state index in [9.17, 15) is 14.4 Å². The maximum atomic E-state index is 12.6. The van der Waals surface area contributed by atoms with Gasteiger partial charge in [-0.1, -0.05) is 23.7 Å². The molecule has 4 amide bonds. The number of benzene rings is 1. The van der Waals surface area contributed by atoms with Crippen molar-refractivity contribution >= 4 is 41.2 Å². The number of carbonyl (C=O) groups excluding carboxylic acids is 3. The van der Waals surface area contributed by atoms with E-state index in [1.807, 2.05) is 0 Å². The minimum atomic E-state index is -0.822. The van der Waals surface area contributed by atoms with Crippen molar-refractivity contribution in [1.29, 1.82) is 0 Å². The van der Waals surface area contributed by atoms with Crippen molar-refractivity contribution < 1.29 is 14.4 Å². The highest BCUT2D eigenvalue weighted by atomic mass is 35.5. The summed E-state index contributed by atoms with van der Waals surface area (Å²) in [4.78, 5) is 37.6. The SMILES string of the molecule is Cn1cccc1/C=C1\C(=O)NC(=O)N(c2ccccc2Cl)C1=O. The highest BCUT2D eigenvalue weighted by Crippen LogP contribution is 2.28. The molecule has 0 unspecified atom stereocenters. The third-order valence-corrected chi connectivity index (χ3v) is 3.79. The second kappa shape index (κ2) is 5.73. The van der Waals surface area contributed by atoms with Gasteiger partial charge in [0.2, 0.25) is 0 Å². The van der Waals surface area contributed by atoms with Gasteiger partial charge in [-0.3, -0.25) is 14.9 Å². The molecule has 1 aliphatic heterocycles. The van der Waals surface area contributed by atoms with Crippen LogP contribution in [-0.2, 0) is 16.6 Å². The van der Waals surface area contributed by atoms with Gasteiger partial charge in [0.1, 0.15) is 5.57 Å². The summed E-state index contributed by atoms with van der Waals surface area (Å²) in [6.07, 6.45) is 3.22. The zero-order chi connectivity index (χ0) is 16.6. The quantitative estimate of drug-likeness (QED) is 0.679. The smallest absolute Gasteiger partial charge is 0.335 e.